The van der Waals surface area contributed by atoms with Crippen molar-refractivity contribution in [3.63, 3.8) is 0 Å². The lowest BCUT2D eigenvalue weighted by Crippen LogP contribution is -2.52. The summed E-state index contributed by atoms with van der Waals surface area (Å²) in [7, 11) is 1.60. The third-order valence-electron chi connectivity index (χ3n) is 5.57. The Morgan fingerprint density at radius 3 is 2.61 bits per heavy atom. The fourth-order valence-corrected chi connectivity index (χ4v) is 3.94. The van der Waals surface area contributed by atoms with Crippen molar-refractivity contribution in [1.29, 1.82) is 0 Å². The molecule has 0 radical (unpaired) electrons. The number of pyridine rings is 1. The molecule has 9 heteroatoms. The lowest BCUT2D eigenvalue weighted by molar-refractivity contribution is -0.122. The van der Waals surface area contributed by atoms with Gasteiger partial charge in [-0.1, -0.05) is 25.4 Å². The van der Waals surface area contributed by atoms with Crippen LogP contribution in [0, 0.1) is 5.92 Å². The molecule has 1 saturated heterocycles. The minimum atomic E-state index is -0.288. The molecule has 8 nitrogen and oxygen atoms in total. The molecule has 3 N–H and O–H groups in total. The summed E-state index contributed by atoms with van der Waals surface area (Å²) in [5, 5.41) is 9.52. The predicted octanol–water partition coefficient (Wildman–Crippen LogP) is 3.50. The second kappa shape index (κ2) is 11.9. The van der Waals surface area contributed by atoms with Crippen LogP contribution in [0.4, 0.5) is 10.5 Å². The maximum Gasteiger partial charge on any atom is 0.319 e. The minimum absolute atomic E-state index is 0.0111. The number of nitrogens with one attached hydrogen (secondary N) is 3. The molecule has 1 aromatic carbocycles. The number of hydrogen-bond donors (Lipinski definition) is 3. The third kappa shape index (κ3) is 7.61. The molecule has 1 aliphatic rings. The molecule has 1 fully saturated rings. The summed E-state index contributed by atoms with van der Waals surface area (Å²) in [5.41, 5.74) is 1.51. The summed E-state index contributed by atoms with van der Waals surface area (Å²) in [6.45, 7) is 6.43. The number of carbonyl (C=O) groups is 2. The molecule has 2 heterocycles. The average molecular weight is 474 g/mol. The highest BCUT2D eigenvalue weighted by Crippen LogP contribution is 2.27. The van der Waals surface area contributed by atoms with Crippen LogP contribution in [0.2, 0.25) is 5.02 Å². The third-order valence-corrected chi connectivity index (χ3v) is 5.82. The molecule has 3 amide bonds. The van der Waals surface area contributed by atoms with Crippen LogP contribution in [0.1, 0.15) is 31.9 Å². The number of nitrogens with zero attached hydrogens (tertiary/aromatic N) is 2. The Bertz CT molecular complexity index is 921. The lowest BCUT2D eigenvalue weighted by Gasteiger charge is -2.38. The van der Waals surface area contributed by atoms with Crippen LogP contribution >= 0.6 is 11.6 Å². The number of aromatic nitrogens is 1. The van der Waals surface area contributed by atoms with E-state index in [1.54, 1.807) is 37.6 Å². The van der Waals surface area contributed by atoms with Crippen LogP contribution in [0.5, 0.6) is 5.75 Å². The van der Waals surface area contributed by atoms with Gasteiger partial charge in [-0.15, -0.1) is 0 Å². The summed E-state index contributed by atoms with van der Waals surface area (Å²) in [5.74, 6) is 1.01. The van der Waals surface area contributed by atoms with Gasteiger partial charge in [0.1, 0.15) is 5.75 Å². The zero-order valence-electron chi connectivity index (χ0n) is 19.3. The number of ether oxygens (including phenoxy) is 1. The van der Waals surface area contributed by atoms with Crippen molar-refractivity contribution in [2.24, 2.45) is 5.92 Å². The quantitative estimate of drug-likeness (QED) is 0.545. The fourth-order valence-electron chi connectivity index (χ4n) is 3.81. The summed E-state index contributed by atoms with van der Waals surface area (Å²) in [6, 6.07) is 10.3. The van der Waals surface area contributed by atoms with Crippen LogP contribution in [-0.2, 0) is 4.79 Å². The van der Waals surface area contributed by atoms with E-state index in [4.69, 9.17) is 16.3 Å². The summed E-state index contributed by atoms with van der Waals surface area (Å²) < 4.78 is 5.23. The van der Waals surface area contributed by atoms with Crippen molar-refractivity contribution >= 4 is 29.2 Å². The van der Waals surface area contributed by atoms with Crippen LogP contribution < -0.4 is 20.7 Å². The van der Waals surface area contributed by atoms with Gasteiger partial charge in [-0.25, -0.2) is 4.79 Å². The van der Waals surface area contributed by atoms with Crippen molar-refractivity contribution in [3.05, 3.63) is 53.3 Å². The molecule has 3 rings (SSSR count). The number of likely N-dealkylation sites (tertiary alicyclic amines) is 1. The van der Waals surface area contributed by atoms with Crippen molar-refractivity contribution in [1.82, 2.24) is 20.5 Å². The van der Waals surface area contributed by atoms with Crippen LogP contribution in [0.3, 0.4) is 0 Å². The molecule has 33 heavy (non-hydrogen) atoms. The smallest absolute Gasteiger partial charge is 0.319 e. The number of halogens is 1. The molecule has 0 saturated carbocycles. The molecule has 0 bridgehead atoms. The van der Waals surface area contributed by atoms with Gasteiger partial charge in [0.15, 0.2) is 0 Å². The van der Waals surface area contributed by atoms with Crippen LogP contribution in [-0.4, -0.2) is 61.2 Å². The molecule has 0 aliphatic carbocycles. The number of rotatable bonds is 8. The van der Waals surface area contributed by atoms with Gasteiger partial charge in [-0.3, -0.25) is 14.7 Å². The number of urea groups is 1. The predicted molar refractivity (Wildman–Crippen MR) is 130 cm³/mol. The fraction of sp³-hybridized carbons (Fsp3) is 0.458. The Balaban J connectivity index is 1.68. The number of hydrogen-bond acceptors (Lipinski definition) is 5. The van der Waals surface area contributed by atoms with Gasteiger partial charge in [-0.2, -0.15) is 0 Å². The Morgan fingerprint density at radius 2 is 1.97 bits per heavy atom. The summed E-state index contributed by atoms with van der Waals surface area (Å²) in [4.78, 5) is 31.7. The highest BCUT2D eigenvalue weighted by molar-refractivity contribution is 6.30. The Labute approximate surface area is 200 Å². The summed E-state index contributed by atoms with van der Waals surface area (Å²) >= 11 is 5.92. The number of amides is 3. The largest absolute Gasteiger partial charge is 0.495 e. The van der Waals surface area contributed by atoms with Crippen LogP contribution in [0.15, 0.2) is 42.6 Å². The number of piperidine rings is 1. The molecule has 2 atom stereocenters. The lowest BCUT2D eigenvalue weighted by atomic mass is 9.88. The van der Waals surface area contributed by atoms with Crippen molar-refractivity contribution in [2.75, 3.05) is 38.6 Å². The first kappa shape index (κ1) is 24.8. The number of benzene rings is 1. The second-order valence-electron chi connectivity index (χ2n) is 8.66. The van der Waals surface area contributed by atoms with E-state index in [9.17, 15) is 9.59 Å². The maximum absolute atomic E-state index is 12.7. The van der Waals surface area contributed by atoms with E-state index in [2.05, 4.69) is 39.7 Å². The van der Waals surface area contributed by atoms with Gasteiger partial charge >= 0.3 is 6.03 Å². The summed E-state index contributed by atoms with van der Waals surface area (Å²) in [6.07, 6.45) is 2.37. The molecular formula is C24H32ClN5O3. The van der Waals surface area contributed by atoms with Gasteiger partial charge < -0.3 is 20.7 Å². The zero-order valence-corrected chi connectivity index (χ0v) is 20.1. The molecule has 2 aromatic rings. The maximum atomic E-state index is 12.7. The van der Waals surface area contributed by atoms with Gasteiger partial charge in [0.2, 0.25) is 5.91 Å². The number of methoxy groups -OCH3 is 1. The molecule has 178 valence electrons. The number of anilines is 1. The number of carbonyl (C=O) groups excluding carboxylic acids is 2. The van der Waals surface area contributed by atoms with Gasteiger partial charge in [-0.05, 0) is 48.7 Å². The molecular weight excluding hydrogens is 442 g/mol. The van der Waals surface area contributed by atoms with E-state index in [0.29, 0.717) is 55.0 Å². The van der Waals surface area contributed by atoms with Gasteiger partial charge in [0.25, 0.3) is 0 Å². The van der Waals surface area contributed by atoms with Gasteiger partial charge in [0.05, 0.1) is 19.9 Å². The van der Waals surface area contributed by atoms with E-state index >= 15 is 0 Å². The van der Waals surface area contributed by atoms with E-state index in [-0.39, 0.29) is 23.9 Å². The Morgan fingerprint density at radius 1 is 1.21 bits per heavy atom. The second-order valence-corrected chi connectivity index (χ2v) is 9.10. The highest BCUT2D eigenvalue weighted by Gasteiger charge is 2.33. The zero-order chi connectivity index (χ0) is 23.8. The topological polar surface area (TPSA) is 95.6 Å². The standard InChI is InChI=1S/C24H32ClN5O3/c1-16(2)12-27-23(31)15-30-11-10-22(20(14-30)21-9-8-19(33-3)13-26-21)29-24(32)28-18-6-4-17(25)5-7-18/h4-9,13,16,20,22H,10-12,14-15H2,1-3H3,(H,27,31)(H2,28,29,32). The normalized spacial score (nSPS) is 18.6. The Hall–Kier alpha value is -2.84. The highest BCUT2D eigenvalue weighted by atomic mass is 35.5. The molecule has 2 unspecified atom stereocenters. The first-order valence-corrected chi connectivity index (χ1v) is 11.5. The monoisotopic (exact) mass is 473 g/mol. The van der Waals surface area contributed by atoms with E-state index in [1.165, 1.54) is 0 Å². The SMILES string of the molecule is COc1ccc(C2CN(CC(=O)NCC(C)C)CCC2NC(=O)Nc2ccc(Cl)cc2)nc1. The van der Waals surface area contributed by atoms with E-state index in [0.717, 1.165) is 5.69 Å². The first-order chi connectivity index (χ1) is 15.8. The van der Waals surface area contributed by atoms with Crippen LogP contribution in [0.25, 0.3) is 0 Å². The van der Waals surface area contributed by atoms with E-state index in [1.807, 2.05) is 12.1 Å². The van der Waals surface area contributed by atoms with Gasteiger partial charge in [0, 0.05) is 48.0 Å². The molecule has 1 aliphatic heterocycles. The first-order valence-electron chi connectivity index (χ1n) is 11.2. The van der Waals surface area contributed by atoms with Crippen molar-refractivity contribution in [3.8, 4) is 5.75 Å². The minimum Gasteiger partial charge on any atom is -0.495 e. The molecule has 0 spiro atoms. The van der Waals surface area contributed by atoms with E-state index < -0.39 is 0 Å². The van der Waals surface area contributed by atoms with Crippen molar-refractivity contribution < 1.29 is 14.3 Å². The van der Waals surface area contributed by atoms with Crippen molar-refractivity contribution in [2.45, 2.75) is 32.2 Å². The average Bonchev–Trinajstić information content (AvgIpc) is 2.80. The molecule has 1 aromatic heterocycles. The Kier molecular flexibility index (Phi) is 8.91.